The summed E-state index contributed by atoms with van der Waals surface area (Å²) in [6.45, 7) is 6.79. The van der Waals surface area contributed by atoms with Crippen LogP contribution in [0.5, 0.6) is 0 Å². The Morgan fingerprint density at radius 3 is 2.83 bits per heavy atom. The van der Waals surface area contributed by atoms with E-state index >= 15 is 0 Å². The minimum Gasteiger partial charge on any atom is -0.547 e. The van der Waals surface area contributed by atoms with Gasteiger partial charge in [-0.3, -0.25) is 0 Å². The molecule has 0 heterocycles. The van der Waals surface area contributed by atoms with E-state index in [1.165, 1.54) is 25.0 Å². The highest BCUT2D eigenvalue weighted by Gasteiger charge is 2.43. The molecule has 0 aliphatic heterocycles. The maximum absolute atomic E-state index is 6.03. The average Bonchev–Trinajstić information content (AvgIpc) is 2.62. The summed E-state index contributed by atoms with van der Waals surface area (Å²) in [6, 6.07) is 0. The Balaban J connectivity index is 1.99. The van der Waals surface area contributed by atoms with Crippen molar-refractivity contribution in [2.75, 3.05) is 0 Å². The monoisotopic (exact) mass is 182 g/mol. The summed E-state index contributed by atoms with van der Waals surface area (Å²) in [5, 5.41) is 0. The van der Waals surface area contributed by atoms with E-state index in [0.717, 1.165) is 11.8 Å². The SMILES string of the molecule is C[Si](C)(C)OC1=CCC[C@@H]2C[C@@H]12. The van der Waals surface area contributed by atoms with Crippen molar-refractivity contribution in [3.63, 3.8) is 0 Å². The van der Waals surface area contributed by atoms with Crippen molar-refractivity contribution in [2.45, 2.75) is 38.9 Å². The molecule has 1 nitrogen and oxygen atoms in total. The van der Waals surface area contributed by atoms with Gasteiger partial charge in [-0.1, -0.05) is 0 Å². The zero-order chi connectivity index (χ0) is 8.77. The molecule has 1 fully saturated rings. The van der Waals surface area contributed by atoms with Crippen molar-refractivity contribution in [3.05, 3.63) is 11.8 Å². The lowest BCUT2D eigenvalue weighted by atomic mass is 10.1. The molecule has 2 rings (SSSR count). The van der Waals surface area contributed by atoms with E-state index < -0.39 is 8.32 Å². The Labute approximate surface area is 75.9 Å². The van der Waals surface area contributed by atoms with Crippen LogP contribution in [0.15, 0.2) is 11.8 Å². The third-order valence-electron chi connectivity index (χ3n) is 2.60. The number of hydrogen-bond acceptors (Lipinski definition) is 1. The molecular weight excluding hydrogens is 164 g/mol. The molecule has 0 aromatic rings. The van der Waals surface area contributed by atoms with Crippen molar-refractivity contribution in [1.29, 1.82) is 0 Å². The molecule has 68 valence electrons. The van der Waals surface area contributed by atoms with Gasteiger partial charge in [-0.25, -0.2) is 0 Å². The van der Waals surface area contributed by atoms with Gasteiger partial charge in [0.25, 0.3) is 0 Å². The number of fused-ring (bicyclic) bond motifs is 1. The normalized spacial score (nSPS) is 33.8. The molecule has 2 aliphatic carbocycles. The standard InChI is InChI=1S/C10H18OSi/c1-12(2,3)11-10-6-4-5-8-7-9(8)10/h6,8-9H,4-5,7H2,1-3H3/t8-,9-/m1/s1. The molecule has 0 N–H and O–H groups in total. The molecule has 0 saturated heterocycles. The Morgan fingerprint density at radius 1 is 1.42 bits per heavy atom. The molecule has 0 spiro atoms. The quantitative estimate of drug-likeness (QED) is 0.596. The lowest BCUT2D eigenvalue weighted by molar-refractivity contribution is 0.368. The van der Waals surface area contributed by atoms with E-state index in [1.807, 2.05) is 0 Å². The first-order valence-corrected chi connectivity index (χ1v) is 8.36. The second kappa shape index (κ2) is 2.62. The highest BCUT2D eigenvalue weighted by molar-refractivity contribution is 6.70. The molecule has 1 saturated carbocycles. The lowest BCUT2D eigenvalue weighted by Gasteiger charge is -2.23. The first-order chi connectivity index (χ1) is 5.56. The molecule has 0 aromatic heterocycles. The van der Waals surface area contributed by atoms with Gasteiger partial charge >= 0.3 is 0 Å². The van der Waals surface area contributed by atoms with Crippen molar-refractivity contribution >= 4 is 8.32 Å². The van der Waals surface area contributed by atoms with E-state index in [-0.39, 0.29) is 0 Å². The van der Waals surface area contributed by atoms with Crippen LogP contribution >= 0.6 is 0 Å². The van der Waals surface area contributed by atoms with Crippen LogP contribution in [0.1, 0.15) is 19.3 Å². The molecule has 0 bridgehead atoms. The predicted octanol–water partition coefficient (Wildman–Crippen LogP) is 3.15. The van der Waals surface area contributed by atoms with Crippen molar-refractivity contribution in [1.82, 2.24) is 0 Å². The van der Waals surface area contributed by atoms with Crippen molar-refractivity contribution < 1.29 is 4.43 Å². The Bertz CT molecular complexity index is 214. The minimum atomic E-state index is -1.33. The van der Waals surface area contributed by atoms with Gasteiger partial charge in [0.05, 0.1) is 5.76 Å². The minimum absolute atomic E-state index is 0.825. The maximum Gasteiger partial charge on any atom is 0.241 e. The largest absolute Gasteiger partial charge is 0.547 e. The second-order valence-electron chi connectivity index (χ2n) is 5.00. The number of hydrogen-bond donors (Lipinski definition) is 0. The van der Waals surface area contributed by atoms with Gasteiger partial charge in [0.1, 0.15) is 0 Å². The number of rotatable bonds is 2. The van der Waals surface area contributed by atoms with Gasteiger partial charge in [-0.15, -0.1) is 0 Å². The fraction of sp³-hybridized carbons (Fsp3) is 0.800. The van der Waals surface area contributed by atoms with Gasteiger partial charge in [-0.05, 0) is 50.9 Å². The molecule has 0 radical (unpaired) electrons. The topological polar surface area (TPSA) is 9.23 Å². The first-order valence-electron chi connectivity index (χ1n) is 4.95. The van der Waals surface area contributed by atoms with Gasteiger partial charge in [-0.2, -0.15) is 0 Å². The summed E-state index contributed by atoms with van der Waals surface area (Å²) in [4.78, 5) is 0. The lowest BCUT2D eigenvalue weighted by Crippen LogP contribution is -2.26. The molecule has 2 aliphatic rings. The third kappa shape index (κ3) is 1.74. The van der Waals surface area contributed by atoms with E-state index in [0.29, 0.717) is 0 Å². The maximum atomic E-state index is 6.03. The number of allylic oxidation sites excluding steroid dienone is 2. The molecule has 0 aromatic carbocycles. The van der Waals surface area contributed by atoms with Crippen LogP contribution in [0.25, 0.3) is 0 Å². The molecule has 12 heavy (non-hydrogen) atoms. The van der Waals surface area contributed by atoms with Crippen molar-refractivity contribution in [3.8, 4) is 0 Å². The van der Waals surface area contributed by atoms with Gasteiger partial charge in [0.15, 0.2) is 0 Å². The van der Waals surface area contributed by atoms with Crippen LogP contribution in [-0.2, 0) is 4.43 Å². The van der Waals surface area contributed by atoms with Crippen LogP contribution < -0.4 is 0 Å². The Hall–Kier alpha value is -0.243. The Kier molecular flexibility index (Phi) is 1.83. The van der Waals surface area contributed by atoms with E-state index in [2.05, 4.69) is 25.7 Å². The smallest absolute Gasteiger partial charge is 0.241 e. The molecule has 0 unspecified atom stereocenters. The first kappa shape index (κ1) is 8.36. The average molecular weight is 182 g/mol. The third-order valence-corrected chi connectivity index (χ3v) is 3.44. The van der Waals surface area contributed by atoms with Gasteiger partial charge in [0, 0.05) is 5.92 Å². The van der Waals surface area contributed by atoms with Crippen LogP contribution in [0, 0.1) is 11.8 Å². The highest BCUT2D eigenvalue weighted by Crippen LogP contribution is 2.51. The van der Waals surface area contributed by atoms with Crippen molar-refractivity contribution in [2.24, 2.45) is 11.8 Å². The fourth-order valence-corrected chi connectivity index (χ4v) is 2.92. The summed E-state index contributed by atoms with van der Waals surface area (Å²) in [7, 11) is -1.33. The van der Waals surface area contributed by atoms with Crippen LogP contribution in [0.3, 0.4) is 0 Å². The van der Waals surface area contributed by atoms with Gasteiger partial charge < -0.3 is 4.43 Å². The molecule has 2 atom stereocenters. The van der Waals surface area contributed by atoms with Crippen LogP contribution in [0.4, 0.5) is 0 Å². The van der Waals surface area contributed by atoms with Gasteiger partial charge in [0.2, 0.25) is 8.32 Å². The highest BCUT2D eigenvalue weighted by atomic mass is 28.4. The summed E-state index contributed by atoms with van der Waals surface area (Å²) < 4.78 is 6.03. The van der Waals surface area contributed by atoms with Crippen LogP contribution in [-0.4, -0.2) is 8.32 Å². The van der Waals surface area contributed by atoms with Crippen LogP contribution in [0.2, 0.25) is 19.6 Å². The summed E-state index contributed by atoms with van der Waals surface area (Å²) >= 11 is 0. The summed E-state index contributed by atoms with van der Waals surface area (Å²) in [6.07, 6.45) is 6.38. The van der Waals surface area contributed by atoms with E-state index in [1.54, 1.807) is 0 Å². The second-order valence-corrected chi connectivity index (χ2v) is 9.43. The van der Waals surface area contributed by atoms with E-state index in [9.17, 15) is 0 Å². The zero-order valence-electron chi connectivity index (χ0n) is 8.26. The zero-order valence-corrected chi connectivity index (χ0v) is 9.26. The summed E-state index contributed by atoms with van der Waals surface area (Å²) in [5.41, 5.74) is 0. The fourth-order valence-electron chi connectivity index (χ4n) is 1.98. The molecular formula is C10H18OSi. The van der Waals surface area contributed by atoms with E-state index in [4.69, 9.17) is 4.43 Å². The predicted molar refractivity (Wildman–Crippen MR) is 53.3 cm³/mol. The molecule has 2 heteroatoms. The Morgan fingerprint density at radius 2 is 2.17 bits per heavy atom. The molecule has 0 amide bonds. The summed E-state index contributed by atoms with van der Waals surface area (Å²) in [5.74, 6) is 3.15.